The number of hydrogen-bond acceptors (Lipinski definition) is 4. The SMILES string of the molecule is Nc1ccc(NC(=O)C(=O)Nc2ccccc2Sc2ccccc2)c(Cl)c1. The van der Waals surface area contributed by atoms with E-state index < -0.39 is 11.8 Å². The zero-order valence-electron chi connectivity index (χ0n) is 14.1. The lowest BCUT2D eigenvalue weighted by atomic mass is 10.2. The molecule has 136 valence electrons. The van der Waals surface area contributed by atoms with E-state index in [1.54, 1.807) is 24.3 Å². The molecule has 2 amide bonds. The number of carbonyl (C=O) groups excluding carboxylic acids is 2. The molecule has 3 aromatic rings. The molecular weight excluding hydrogens is 382 g/mol. The van der Waals surface area contributed by atoms with Gasteiger partial charge < -0.3 is 16.4 Å². The van der Waals surface area contributed by atoms with Crippen LogP contribution in [0.25, 0.3) is 0 Å². The maximum absolute atomic E-state index is 12.3. The summed E-state index contributed by atoms with van der Waals surface area (Å²) in [5, 5.41) is 5.38. The van der Waals surface area contributed by atoms with E-state index in [0.717, 1.165) is 9.79 Å². The van der Waals surface area contributed by atoms with Crippen LogP contribution in [0.1, 0.15) is 0 Å². The highest BCUT2D eigenvalue weighted by atomic mass is 35.5. The standard InChI is InChI=1S/C20H16ClN3O2S/c21-15-12-13(22)10-11-16(15)23-19(25)20(26)24-17-8-4-5-9-18(17)27-14-6-2-1-3-7-14/h1-12H,22H2,(H,23,25)(H,24,26). The molecule has 0 aromatic heterocycles. The van der Waals surface area contributed by atoms with Crippen LogP contribution in [0.15, 0.2) is 82.6 Å². The third-order valence-electron chi connectivity index (χ3n) is 3.55. The summed E-state index contributed by atoms with van der Waals surface area (Å²) in [6, 6.07) is 21.7. The largest absolute Gasteiger partial charge is 0.399 e. The number of hydrogen-bond donors (Lipinski definition) is 3. The molecule has 0 heterocycles. The normalized spacial score (nSPS) is 10.3. The average Bonchev–Trinajstić information content (AvgIpc) is 2.66. The fraction of sp³-hybridized carbons (Fsp3) is 0. The van der Waals surface area contributed by atoms with Crippen LogP contribution in [0.3, 0.4) is 0 Å². The molecule has 7 heteroatoms. The predicted octanol–water partition coefficient (Wildman–Crippen LogP) is 4.65. The number of carbonyl (C=O) groups is 2. The Labute approximate surface area is 165 Å². The van der Waals surface area contributed by atoms with E-state index in [0.29, 0.717) is 17.1 Å². The number of amides is 2. The molecule has 0 aliphatic heterocycles. The van der Waals surface area contributed by atoms with Gasteiger partial charge in [-0.2, -0.15) is 0 Å². The topological polar surface area (TPSA) is 84.2 Å². The van der Waals surface area contributed by atoms with Crippen LogP contribution < -0.4 is 16.4 Å². The first kappa shape index (κ1) is 18.8. The molecule has 3 aromatic carbocycles. The van der Waals surface area contributed by atoms with Gasteiger partial charge in [0.2, 0.25) is 0 Å². The fourth-order valence-corrected chi connectivity index (χ4v) is 3.42. The number of nitrogens with two attached hydrogens (primary N) is 1. The van der Waals surface area contributed by atoms with Gasteiger partial charge in [-0.25, -0.2) is 0 Å². The molecule has 5 nitrogen and oxygen atoms in total. The number of rotatable bonds is 4. The summed E-state index contributed by atoms with van der Waals surface area (Å²) in [6.07, 6.45) is 0. The van der Waals surface area contributed by atoms with Gasteiger partial charge in [-0.15, -0.1) is 0 Å². The van der Waals surface area contributed by atoms with E-state index in [-0.39, 0.29) is 5.02 Å². The Hall–Kier alpha value is -2.96. The van der Waals surface area contributed by atoms with Gasteiger partial charge in [-0.1, -0.05) is 53.7 Å². The number of nitrogen functional groups attached to an aromatic ring is 1. The second-order valence-electron chi connectivity index (χ2n) is 5.56. The summed E-state index contributed by atoms with van der Waals surface area (Å²) in [5.74, 6) is -1.61. The van der Waals surface area contributed by atoms with Gasteiger partial charge in [0.05, 0.1) is 16.4 Å². The molecule has 0 aliphatic rings. The molecule has 0 atom stereocenters. The van der Waals surface area contributed by atoms with Crippen molar-refractivity contribution in [2.45, 2.75) is 9.79 Å². The highest BCUT2D eigenvalue weighted by Crippen LogP contribution is 2.33. The van der Waals surface area contributed by atoms with Crippen LogP contribution in [-0.4, -0.2) is 11.8 Å². The smallest absolute Gasteiger partial charge is 0.314 e. The Bertz CT molecular complexity index is 980. The van der Waals surface area contributed by atoms with E-state index in [4.69, 9.17) is 17.3 Å². The first-order valence-corrected chi connectivity index (χ1v) is 9.21. The van der Waals surface area contributed by atoms with Gasteiger partial charge in [0.1, 0.15) is 0 Å². The van der Waals surface area contributed by atoms with Crippen LogP contribution in [0, 0.1) is 0 Å². The third kappa shape index (κ3) is 5.03. The van der Waals surface area contributed by atoms with Crippen LogP contribution in [0.2, 0.25) is 5.02 Å². The van der Waals surface area contributed by atoms with Crippen LogP contribution in [0.4, 0.5) is 17.1 Å². The van der Waals surface area contributed by atoms with Crippen molar-refractivity contribution in [3.8, 4) is 0 Å². The van der Waals surface area contributed by atoms with Gasteiger partial charge in [0, 0.05) is 15.5 Å². The third-order valence-corrected chi connectivity index (χ3v) is 4.95. The minimum atomic E-state index is -0.818. The number of para-hydroxylation sites is 1. The fourth-order valence-electron chi connectivity index (χ4n) is 2.27. The number of benzene rings is 3. The summed E-state index contributed by atoms with van der Waals surface area (Å²) in [4.78, 5) is 26.4. The first-order valence-electron chi connectivity index (χ1n) is 8.02. The van der Waals surface area contributed by atoms with Gasteiger partial charge in [-0.3, -0.25) is 9.59 Å². The Kier molecular flexibility index (Phi) is 6.01. The molecule has 0 unspecified atom stereocenters. The van der Waals surface area contributed by atoms with Gasteiger partial charge >= 0.3 is 11.8 Å². The molecule has 27 heavy (non-hydrogen) atoms. The maximum atomic E-state index is 12.3. The van der Waals surface area contributed by atoms with E-state index >= 15 is 0 Å². The van der Waals surface area contributed by atoms with Crippen molar-refractivity contribution in [1.82, 2.24) is 0 Å². The summed E-state index contributed by atoms with van der Waals surface area (Å²) in [6.45, 7) is 0. The zero-order chi connectivity index (χ0) is 19.2. The molecule has 0 fully saturated rings. The van der Waals surface area contributed by atoms with Crippen LogP contribution >= 0.6 is 23.4 Å². The molecule has 3 rings (SSSR count). The van der Waals surface area contributed by atoms with Crippen molar-refractivity contribution in [3.63, 3.8) is 0 Å². The lowest BCUT2D eigenvalue weighted by molar-refractivity contribution is -0.133. The highest BCUT2D eigenvalue weighted by Gasteiger charge is 2.17. The summed E-state index contributed by atoms with van der Waals surface area (Å²) >= 11 is 7.52. The summed E-state index contributed by atoms with van der Waals surface area (Å²) in [5.41, 5.74) is 6.96. The Morgan fingerprint density at radius 2 is 1.44 bits per heavy atom. The molecule has 0 bridgehead atoms. The Morgan fingerprint density at radius 3 is 2.15 bits per heavy atom. The number of anilines is 3. The maximum Gasteiger partial charge on any atom is 0.314 e. The van der Waals surface area contributed by atoms with Crippen molar-refractivity contribution in [2.75, 3.05) is 16.4 Å². The number of halogens is 1. The van der Waals surface area contributed by atoms with Gasteiger partial charge in [-0.05, 0) is 42.5 Å². The van der Waals surface area contributed by atoms with E-state index in [1.807, 2.05) is 42.5 Å². The predicted molar refractivity (Wildman–Crippen MR) is 110 cm³/mol. The van der Waals surface area contributed by atoms with Crippen LogP contribution in [-0.2, 0) is 9.59 Å². The summed E-state index contributed by atoms with van der Waals surface area (Å²) in [7, 11) is 0. The first-order chi connectivity index (χ1) is 13.0. The molecule has 0 radical (unpaired) electrons. The Balaban J connectivity index is 1.71. The van der Waals surface area contributed by atoms with Crippen molar-refractivity contribution < 1.29 is 9.59 Å². The second-order valence-corrected chi connectivity index (χ2v) is 7.08. The monoisotopic (exact) mass is 397 g/mol. The van der Waals surface area contributed by atoms with Crippen LogP contribution in [0.5, 0.6) is 0 Å². The second kappa shape index (κ2) is 8.62. The lowest BCUT2D eigenvalue weighted by Crippen LogP contribution is -2.29. The van der Waals surface area contributed by atoms with E-state index in [9.17, 15) is 9.59 Å². The molecule has 0 saturated carbocycles. The number of nitrogens with one attached hydrogen (secondary N) is 2. The van der Waals surface area contributed by atoms with Crippen molar-refractivity contribution in [2.24, 2.45) is 0 Å². The Morgan fingerprint density at radius 1 is 0.815 bits per heavy atom. The highest BCUT2D eigenvalue weighted by molar-refractivity contribution is 7.99. The molecular formula is C20H16ClN3O2S. The molecule has 0 spiro atoms. The molecule has 0 saturated heterocycles. The van der Waals surface area contributed by atoms with E-state index in [2.05, 4.69) is 10.6 Å². The van der Waals surface area contributed by atoms with Gasteiger partial charge in [0.25, 0.3) is 0 Å². The van der Waals surface area contributed by atoms with Crippen molar-refractivity contribution in [1.29, 1.82) is 0 Å². The quantitative estimate of drug-likeness (QED) is 0.442. The minimum Gasteiger partial charge on any atom is -0.399 e. The average molecular weight is 398 g/mol. The molecule has 4 N–H and O–H groups in total. The van der Waals surface area contributed by atoms with E-state index in [1.165, 1.54) is 17.8 Å². The zero-order valence-corrected chi connectivity index (χ0v) is 15.7. The summed E-state index contributed by atoms with van der Waals surface area (Å²) < 4.78 is 0. The van der Waals surface area contributed by atoms with Gasteiger partial charge in [0.15, 0.2) is 0 Å². The lowest BCUT2D eigenvalue weighted by Gasteiger charge is -2.11. The van der Waals surface area contributed by atoms with Crippen molar-refractivity contribution in [3.05, 3.63) is 77.8 Å². The minimum absolute atomic E-state index is 0.260. The van der Waals surface area contributed by atoms with Crippen molar-refractivity contribution >= 4 is 52.2 Å². The molecule has 0 aliphatic carbocycles.